The molecule has 1 unspecified atom stereocenters. The van der Waals surface area contributed by atoms with Crippen molar-refractivity contribution in [3.63, 3.8) is 0 Å². The van der Waals surface area contributed by atoms with Gasteiger partial charge < -0.3 is 14.6 Å². The molecule has 1 heterocycles. The topological polar surface area (TPSA) is 38.7 Å². The molecule has 1 fully saturated rings. The zero-order valence-electron chi connectivity index (χ0n) is 12.0. The van der Waals surface area contributed by atoms with Gasteiger partial charge in [0.2, 0.25) is 0 Å². The summed E-state index contributed by atoms with van der Waals surface area (Å²) in [6, 6.07) is 8.72. The molecule has 0 spiro atoms. The smallest absolute Gasteiger partial charge is 0.158 e. The van der Waals surface area contributed by atoms with Crippen LogP contribution >= 0.6 is 0 Å². The largest absolute Gasteiger partial charge is 0.388 e. The predicted octanol–water partition coefficient (Wildman–Crippen LogP) is 3.04. The Bertz CT molecular complexity index is 395. The summed E-state index contributed by atoms with van der Waals surface area (Å²) in [6.07, 6.45) is 0.158. The monoisotopic (exact) mass is 264 g/mol. The summed E-state index contributed by atoms with van der Waals surface area (Å²) in [5.41, 5.74) is 2.69. The summed E-state index contributed by atoms with van der Waals surface area (Å²) in [5, 5.41) is 9.33. The van der Waals surface area contributed by atoms with Crippen LogP contribution < -0.4 is 0 Å². The van der Waals surface area contributed by atoms with Crippen molar-refractivity contribution in [3.05, 3.63) is 35.4 Å². The number of rotatable bonds is 4. The van der Waals surface area contributed by atoms with Gasteiger partial charge >= 0.3 is 0 Å². The fourth-order valence-corrected chi connectivity index (χ4v) is 2.32. The van der Waals surface area contributed by atoms with Crippen LogP contribution in [0.1, 0.15) is 50.2 Å². The summed E-state index contributed by atoms with van der Waals surface area (Å²) in [6.45, 7) is 7.36. The van der Waals surface area contributed by atoms with E-state index in [1.807, 2.05) is 0 Å². The van der Waals surface area contributed by atoms with E-state index in [9.17, 15) is 5.11 Å². The third-order valence-electron chi connectivity index (χ3n) is 3.64. The molecule has 3 heteroatoms. The van der Waals surface area contributed by atoms with Crippen LogP contribution in [-0.2, 0) is 9.47 Å². The second-order valence-corrected chi connectivity index (χ2v) is 5.71. The number of aliphatic hydroxyl groups is 1. The van der Waals surface area contributed by atoms with Crippen LogP contribution in [0.25, 0.3) is 0 Å². The standard InChI is InChI=1S/C16H24O3/c1-11(2)13-5-4-6-14(8-13)12(3)7-16-18-9-15(17)10-19-16/h4-6,8,11-12,15-17H,7,9-10H2,1-3H3. The quantitative estimate of drug-likeness (QED) is 0.908. The molecule has 3 nitrogen and oxygen atoms in total. The van der Waals surface area contributed by atoms with Crippen molar-refractivity contribution in [2.45, 2.75) is 51.4 Å². The molecule has 0 aliphatic carbocycles. The molecule has 0 amide bonds. The Balaban J connectivity index is 1.95. The second-order valence-electron chi connectivity index (χ2n) is 5.71. The lowest BCUT2D eigenvalue weighted by Gasteiger charge is -2.28. The molecular formula is C16H24O3. The molecule has 0 saturated carbocycles. The van der Waals surface area contributed by atoms with Gasteiger partial charge in [0, 0.05) is 6.42 Å². The average molecular weight is 264 g/mol. The maximum atomic E-state index is 9.33. The van der Waals surface area contributed by atoms with E-state index in [4.69, 9.17) is 9.47 Å². The van der Waals surface area contributed by atoms with E-state index in [1.165, 1.54) is 11.1 Å². The minimum atomic E-state index is -0.476. The summed E-state index contributed by atoms with van der Waals surface area (Å²) in [5.74, 6) is 0.934. The molecular weight excluding hydrogens is 240 g/mol. The zero-order chi connectivity index (χ0) is 13.8. The molecule has 19 heavy (non-hydrogen) atoms. The molecule has 0 radical (unpaired) electrons. The predicted molar refractivity (Wildman–Crippen MR) is 75.3 cm³/mol. The first-order valence-corrected chi connectivity index (χ1v) is 7.07. The molecule has 0 bridgehead atoms. The first-order chi connectivity index (χ1) is 9.06. The van der Waals surface area contributed by atoms with Crippen LogP contribution in [0.15, 0.2) is 24.3 Å². The normalized spacial score (nSPS) is 25.5. The van der Waals surface area contributed by atoms with Gasteiger partial charge in [0.25, 0.3) is 0 Å². The number of benzene rings is 1. The van der Waals surface area contributed by atoms with E-state index in [-0.39, 0.29) is 6.29 Å². The van der Waals surface area contributed by atoms with Crippen molar-refractivity contribution < 1.29 is 14.6 Å². The highest BCUT2D eigenvalue weighted by molar-refractivity contribution is 5.28. The van der Waals surface area contributed by atoms with Crippen molar-refractivity contribution >= 4 is 0 Å². The van der Waals surface area contributed by atoms with Crippen LogP contribution in [-0.4, -0.2) is 30.7 Å². The lowest BCUT2D eigenvalue weighted by Crippen LogP contribution is -2.36. The minimum Gasteiger partial charge on any atom is -0.388 e. The van der Waals surface area contributed by atoms with Gasteiger partial charge in [-0.05, 0) is 23.0 Å². The number of hydrogen-bond acceptors (Lipinski definition) is 3. The van der Waals surface area contributed by atoms with Gasteiger partial charge in [-0.1, -0.05) is 45.0 Å². The Morgan fingerprint density at radius 2 is 1.79 bits per heavy atom. The van der Waals surface area contributed by atoms with Gasteiger partial charge in [-0.25, -0.2) is 0 Å². The van der Waals surface area contributed by atoms with Crippen molar-refractivity contribution in [2.24, 2.45) is 0 Å². The molecule has 1 aliphatic heterocycles. The summed E-state index contributed by atoms with van der Waals surface area (Å²) >= 11 is 0. The summed E-state index contributed by atoms with van der Waals surface area (Å²) in [4.78, 5) is 0. The third kappa shape index (κ3) is 4.03. The molecule has 106 valence electrons. The highest BCUT2D eigenvalue weighted by Gasteiger charge is 2.22. The Morgan fingerprint density at radius 3 is 2.42 bits per heavy atom. The summed E-state index contributed by atoms with van der Waals surface area (Å²) in [7, 11) is 0. The molecule has 1 N–H and O–H groups in total. The van der Waals surface area contributed by atoms with E-state index < -0.39 is 6.10 Å². The van der Waals surface area contributed by atoms with Crippen molar-refractivity contribution in [2.75, 3.05) is 13.2 Å². The maximum absolute atomic E-state index is 9.33. The Morgan fingerprint density at radius 1 is 1.16 bits per heavy atom. The SMILES string of the molecule is CC(C)c1cccc(C(C)CC2OCC(O)CO2)c1. The first kappa shape index (κ1) is 14.5. The lowest BCUT2D eigenvalue weighted by atomic mass is 9.93. The van der Waals surface area contributed by atoms with Gasteiger partial charge in [-0.3, -0.25) is 0 Å². The Labute approximate surface area is 115 Å². The summed E-state index contributed by atoms with van der Waals surface area (Å²) < 4.78 is 11.0. The van der Waals surface area contributed by atoms with Crippen LogP contribution in [0, 0.1) is 0 Å². The average Bonchev–Trinajstić information content (AvgIpc) is 2.41. The lowest BCUT2D eigenvalue weighted by molar-refractivity contribution is -0.219. The van der Waals surface area contributed by atoms with Crippen molar-refractivity contribution in [1.29, 1.82) is 0 Å². The number of aliphatic hydroxyl groups excluding tert-OH is 1. The van der Waals surface area contributed by atoms with Gasteiger partial charge in [0.15, 0.2) is 6.29 Å². The van der Waals surface area contributed by atoms with Gasteiger partial charge in [-0.15, -0.1) is 0 Å². The molecule has 0 aromatic heterocycles. The first-order valence-electron chi connectivity index (χ1n) is 7.07. The maximum Gasteiger partial charge on any atom is 0.158 e. The van der Waals surface area contributed by atoms with E-state index in [2.05, 4.69) is 45.0 Å². The van der Waals surface area contributed by atoms with E-state index in [1.54, 1.807) is 0 Å². The van der Waals surface area contributed by atoms with Gasteiger partial charge in [0.1, 0.15) is 6.10 Å². The highest BCUT2D eigenvalue weighted by Crippen LogP contribution is 2.26. The molecule has 1 aromatic carbocycles. The van der Waals surface area contributed by atoms with Crippen LogP contribution in [0.2, 0.25) is 0 Å². The number of hydrogen-bond donors (Lipinski definition) is 1. The van der Waals surface area contributed by atoms with Gasteiger partial charge in [0.05, 0.1) is 13.2 Å². The highest BCUT2D eigenvalue weighted by atomic mass is 16.7. The van der Waals surface area contributed by atoms with E-state index >= 15 is 0 Å². The van der Waals surface area contributed by atoms with E-state index in [0.29, 0.717) is 25.0 Å². The second kappa shape index (κ2) is 6.51. The minimum absolute atomic E-state index is 0.193. The molecule has 1 saturated heterocycles. The van der Waals surface area contributed by atoms with Crippen LogP contribution in [0.5, 0.6) is 0 Å². The molecule has 2 rings (SSSR count). The van der Waals surface area contributed by atoms with Crippen molar-refractivity contribution in [3.8, 4) is 0 Å². The molecule has 1 aromatic rings. The fraction of sp³-hybridized carbons (Fsp3) is 0.625. The zero-order valence-corrected chi connectivity index (χ0v) is 12.0. The van der Waals surface area contributed by atoms with Gasteiger partial charge in [-0.2, -0.15) is 0 Å². The third-order valence-corrected chi connectivity index (χ3v) is 3.64. The van der Waals surface area contributed by atoms with Crippen LogP contribution in [0.3, 0.4) is 0 Å². The van der Waals surface area contributed by atoms with Crippen molar-refractivity contribution in [1.82, 2.24) is 0 Å². The van der Waals surface area contributed by atoms with E-state index in [0.717, 1.165) is 6.42 Å². The van der Waals surface area contributed by atoms with Crippen LogP contribution in [0.4, 0.5) is 0 Å². The molecule has 1 atom stereocenters. The Hall–Kier alpha value is -0.900. The number of ether oxygens (including phenoxy) is 2. The Kier molecular flexibility index (Phi) is 4.97. The molecule has 1 aliphatic rings. The fourth-order valence-electron chi connectivity index (χ4n) is 2.32.